The lowest BCUT2D eigenvalue weighted by Gasteiger charge is -2.39. The summed E-state index contributed by atoms with van der Waals surface area (Å²) in [4.78, 5) is 24.3. The molecule has 4 nitrogen and oxygen atoms in total. The van der Waals surface area contributed by atoms with E-state index < -0.39 is 11.6 Å². The summed E-state index contributed by atoms with van der Waals surface area (Å²) in [7, 11) is 0. The molecule has 116 valence electrons. The number of ether oxygens (including phenoxy) is 2. The largest absolute Gasteiger partial charge is 0.462 e. The Bertz CT molecular complexity index is 493. The van der Waals surface area contributed by atoms with Crippen molar-refractivity contribution in [2.45, 2.75) is 58.2 Å². The van der Waals surface area contributed by atoms with Crippen molar-refractivity contribution in [1.29, 1.82) is 0 Å². The highest BCUT2D eigenvalue weighted by molar-refractivity contribution is 5.87. The Labute approximate surface area is 125 Å². The molecule has 0 spiro atoms. The van der Waals surface area contributed by atoms with Gasteiger partial charge in [0, 0.05) is 5.57 Å². The molecule has 5 unspecified atom stereocenters. The molecule has 3 fully saturated rings. The molecule has 0 aromatic heterocycles. The highest BCUT2D eigenvalue weighted by Gasteiger charge is 2.59. The maximum Gasteiger partial charge on any atom is 0.333 e. The molecule has 1 aliphatic heterocycles. The molecule has 2 saturated carbocycles. The lowest BCUT2D eigenvalue weighted by Crippen LogP contribution is -2.49. The summed E-state index contributed by atoms with van der Waals surface area (Å²) < 4.78 is 11.2. The van der Waals surface area contributed by atoms with Gasteiger partial charge >= 0.3 is 11.9 Å². The Morgan fingerprint density at radius 2 is 1.95 bits per heavy atom. The summed E-state index contributed by atoms with van der Waals surface area (Å²) in [6.45, 7) is 8.88. The van der Waals surface area contributed by atoms with E-state index in [9.17, 15) is 9.59 Å². The van der Waals surface area contributed by atoms with Crippen molar-refractivity contribution < 1.29 is 19.1 Å². The van der Waals surface area contributed by atoms with Crippen molar-refractivity contribution in [2.75, 3.05) is 0 Å². The van der Waals surface area contributed by atoms with Crippen LogP contribution in [0.4, 0.5) is 0 Å². The van der Waals surface area contributed by atoms with Crippen LogP contribution in [0.1, 0.15) is 46.5 Å². The van der Waals surface area contributed by atoms with Crippen molar-refractivity contribution in [3.05, 3.63) is 12.2 Å². The number of carbonyl (C=O) groups is 2. The molecule has 0 amide bonds. The van der Waals surface area contributed by atoms with Crippen molar-refractivity contribution in [3.8, 4) is 0 Å². The third-order valence-corrected chi connectivity index (χ3v) is 5.56. The van der Waals surface area contributed by atoms with Crippen LogP contribution in [-0.4, -0.2) is 23.6 Å². The maximum absolute atomic E-state index is 12.4. The molecule has 0 N–H and O–H groups in total. The van der Waals surface area contributed by atoms with Gasteiger partial charge in [-0.3, -0.25) is 4.79 Å². The number of carbonyl (C=O) groups excluding carboxylic acids is 2. The molecule has 21 heavy (non-hydrogen) atoms. The summed E-state index contributed by atoms with van der Waals surface area (Å²) in [5.41, 5.74) is -0.490. The fourth-order valence-corrected chi connectivity index (χ4v) is 4.73. The lowest BCUT2D eigenvalue weighted by atomic mass is 9.73. The number of fused-ring (bicyclic) bond motifs is 5. The zero-order chi connectivity index (χ0) is 15.4. The molecule has 0 radical (unpaired) electrons. The van der Waals surface area contributed by atoms with Crippen LogP contribution in [0, 0.1) is 23.7 Å². The second kappa shape index (κ2) is 4.85. The van der Waals surface area contributed by atoms with Crippen molar-refractivity contribution >= 4 is 11.9 Å². The fourth-order valence-electron chi connectivity index (χ4n) is 4.73. The third kappa shape index (κ3) is 2.29. The topological polar surface area (TPSA) is 52.6 Å². The Morgan fingerprint density at radius 1 is 1.29 bits per heavy atom. The minimum absolute atomic E-state index is 0.0962. The van der Waals surface area contributed by atoms with Gasteiger partial charge in [-0.05, 0) is 57.8 Å². The summed E-state index contributed by atoms with van der Waals surface area (Å²) in [5, 5.41) is 0. The van der Waals surface area contributed by atoms with Gasteiger partial charge in [0.05, 0.1) is 5.92 Å². The fraction of sp³-hybridized carbons (Fsp3) is 0.765. The van der Waals surface area contributed by atoms with Gasteiger partial charge in [0.2, 0.25) is 0 Å². The Balaban J connectivity index is 1.84. The first-order valence-corrected chi connectivity index (χ1v) is 7.90. The molecule has 1 saturated heterocycles. The SMILES string of the molecule is C=C(C)C(=O)OC(C)(C)C1C(=O)OC2CC1C1CCCC21. The van der Waals surface area contributed by atoms with E-state index in [0.717, 1.165) is 12.8 Å². The highest BCUT2D eigenvalue weighted by Crippen LogP contribution is 2.56. The zero-order valence-electron chi connectivity index (χ0n) is 13.1. The lowest BCUT2D eigenvalue weighted by molar-refractivity contribution is -0.182. The van der Waals surface area contributed by atoms with E-state index in [4.69, 9.17) is 9.47 Å². The number of rotatable bonds is 3. The molecule has 1 heterocycles. The molecule has 2 aliphatic carbocycles. The van der Waals surface area contributed by atoms with Crippen molar-refractivity contribution in [2.24, 2.45) is 23.7 Å². The monoisotopic (exact) mass is 292 g/mol. The Morgan fingerprint density at radius 3 is 2.62 bits per heavy atom. The predicted octanol–water partition coefficient (Wildman–Crippen LogP) is 2.86. The van der Waals surface area contributed by atoms with Crippen LogP contribution in [0.5, 0.6) is 0 Å². The van der Waals surface area contributed by atoms with Gasteiger partial charge in [-0.15, -0.1) is 0 Å². The second-order valence-corrected chi connectivity index (χ2v) is 7.38. The van der Waals surface area contributed by atoms with Gasteiger partial charge in [-0.25, -0.2) is 4.79 Å². The molecular formula is C17H24O4. The van der Waals surface area contributed by atoms with Gasteiger partial charge in [-0.1, -0.05) is 13.0 Å². The maximum atomic E-state index is 12.4. The van der Waals surface area contributed by atoms with E-state index in [2.05, 4.69) is 6.58 Å². The molecule has 5 atom stereocenters. The summed E-state index contributed by atoms with van der Waals surface area (Å²) in [6, 6.07) is 0. The first-order valence-electron chi connectivity index (χ1n) is 7.90. The van der Waals surface area contributed by atoms with E-state index in [0.29, 0.717) is 17.4 Å². The molecule has 0 aromatic carbocycles. The average Bonchev–Trinajstić information content (AvgIpc) is 2.93. The quantitative estimate of drug-likeness (QED) is 0.593. The van der Waals surface area contributed by atoms with Gasteiger partial charge in [-0.2, -0.15) is 0 Å². The van der Waals surface area contributed by atoms with Gasteiger partial charge in [0.1, 0.15) is 11.7 Å². The summed E-state index contributed by atoms with van der Waals surface area (Å²) in [5.74, 6) is 0.383. The van der Waals surface area contributed by atoms with Crippen molar-refractivity contribution in [1.82, 2.24) is 0 Å². The van der Waals surface area contributed by atoms with Gasteiger partial charge < -0.3 is 9.47 Å². The number of esters is 2. The van der Waals surface area contributed by atoms with Crippen LogP contribution < -0.4 is 0 Å². The van der Waals surface area contributed by atoms with Crippen LogP contribution >= 0.6 is 0 Å². The van der Waals surface area contributed by atoms with Crippen LogP contribution in [0.3, 0.4) is 0 Å². The smallest absolute Gasteiger partial charge is 0.333 e. The first kappa shape index (κ1) is 14.6. The van der Waals surface area contributed by atoms with E-state index in [-0.39, 0.29) is 23.9 Å². The molecule has 0 aromatic rings. The minimum atomic E-state index is -0.847. The van der Waals surface area contributed by atoms with Gasteiger partial charge in [0.15, 0.2) is 0 Å². The van der Waals surface area contributed by atoms with Gasteiger partial charge in [0.25, 0.3) is 0 Å². The van der Waals surface area contributed by atoms with E-state index in [1.165, 1.54) is 12.8 Å². The van der Waals surface area contributed by atoms with Crippen LogP contribution in [-0.2, 0) is 19.1 Å². The molecule has 2 bridgehead atoms. The van der Waals surface area contributed by atoms with Crippen molar-refractivity contribution in [3.63, 3.8) is 0 Å². The molecule has 4 heteroatoms. The molecule has 3 aliphatic rings. The third-order valence-electron chi connectivity index (χ3n) is 5.56. The normalized spacial score (nSPS) is 37.9. The predicted molar refractivity (Wildman–Crippen MR) is 77.3 cm³/mol. The standard InChI is InChI=1S/C17H24O4/c1-9(2)15(18)21-17(3,4)14-12-8-13(20-16(14)19)11-7-5-6-10(11)12/h10-14H,1,5-8H2,2-4H3. The first-order chi connectivity index (χ1) is 9.81. The van der Waals surface area contributed by atoms with Crippen LogP contribution in [0.15, 0.2) is 12.2 Å². The highest BCUT2D eigenvalue weighted by atomic mass is 16.6. The van der Waals surface area contributed by atoms with E-state index in [1.807, 2.05) is 13.8 Å². The Kier molecular flexibility index (Phi) is 3.38. The second-order valence-electron chi connectivity index (χ2n) is 7.38. The average molecular weight is 292 g/mol. The molecule has 3 rings (SSSR count). The van der Waals surface area contributed by atoms with E-state index >= 15 is 0 Å². The van der Waals surface area contributed by atoms with Crippen LogP contribution in [0.2, 0.25) is 0 Å². The number of hydrogen-bond donors (Lipinski definition) is 0. The zero-order valence-corrected chi connectivity index (χ0v) is 13.1. The summed E-state index contributed by atoms with van der Waals surface area (Å²) in [6.07, 6.45) is 4.58. The summed E-state index contributed by atoms with van der Waals surface area (Å²) >= 11 is 0. The molecular weight excluding hydrogens is 268 g/mol. The Hall–Kier alpha value is -1.32. The van der Waals surface area contributed by atoms with E-state index in [1.54, 1.807) is 6.92 Å². The number of hydrogen-bond acceptors (Lipinski definition) is 4. The van der Waals surface area contributed by atoms with Crippen LogP contribution in [0.25, 0.3) is 0 Å². The minimum Gasteiger partial charge on any atom is -0.462 e.